The van der Waals surface area contributed by atoms with E-state index in [1.165, 1.54) is 0 Å². The van der Waals surface area contributed by atoms with Crippen LogP contribution in [0, 0.1) is 0 Å². The zero-order valence-electron chi connectivity index (χ0n) is 10.1. The summed E-state index contributed by atoms with van der Waals surface area (Å²) in [5.41, 5.74) is 1.30. The van der Waals surface area contributed by atoms with Crippen LogP contribution in [-0.2, 0) is 4.79 Å². The second-order valence-electron chi connectivity index (χ2n) is 4.09. The molecule has 0 saturated heterocycles. The van der Waals surface area contributed by atoms with Gasteiger partial charge in [-0.25, -0.2) is 0 Å². The van der Waals surface area contributed by atoms with Crippen LogP contribution in [0.5, 0.6) is 5.75 Å². The van der Waals surface area contributed by atoms with Crippen molar-refractivity contribution in [2.75, 3.05) is 5.32 Å². The molecule has 2 aromatic rings. The van der Waals surface area contributed by atoms with E-state index < -0.39 is 0 Å². The molecule has 0 aliphatic carbocycles. The standard InChI is InChI=1S/C13H13ClN2O2/c1-8(2)18-13-5-9-10(14)3-4-15-11(9)6-12(13)16-7-17/h3-8H,1-2H3,(H,16,17). The van der Waals surface area contributed by atoms with Crippen LogP contribution in [0.2, 0.25) is 5.02 Å². The lowest BCUT2D eigenvalue weighted by Crippen LogP contribution is -2.08. The summed E-state index contributed by atoms with van der Waals surface area (Å²) in [6.07, 6.45) is 2.24. The molecule has 1 aromatic heterocycles. The average molecular weight is 265 g/mol. The van der Waals surface area contributed by atoms with Gasteiger partial charge in [-0.3, -0.25) is 9.78 Å². The highest BCUT2D eigenvalue weighted by atomic mass is 35.5. The molecule has 0 bridgehead atoms. The molecule has 1 N–H and O–H groups in total. The zero-order valence-corrected chi connectivity index (χ0v) is 10.9. The van der Waals surface area contributed by atoms with Gasteiger partial charge in [0.05, 0.1) is 22.3 Å². The van der Waals surface area contributed by atoms with Crippen LogP contribution in [0.15, 0.2) is 24.4 Å². The van der Waals surface area contributed by atoms with E-state index in [-0.39, 0.29) is 6.10 Å². The number of pyridine rings is 1. The molecule has 5 heteroatoms. The van der Waals surface area contributed by atoms with Crippen molar-refractivity contribution in [3.05, 3.63) is 29.4 Å². The third-order valence-electron chi connectivity index (χ3n) is 2.37. The summed E-state index contributed by atoms with van der Waals surface area (Å²) < 4.78 is 5.65. The van der Waals surface area contributed by atoms with Crippen LogP contribution >= 0.6 is 11.6 Å². The van der Waals surface area contributed by atoms with E-state index in [9.17, 15) is 4.79 Å². The van der Waals surface area contributed by atoms with Crippen LogP contribution in [-0.4, -0.2) is 17.5 Å². The Morgan fingerprint density at radius 2 is 2.22 bits per heavy atom. The number of ether oxygens (including phenoxy) is 1. The zero-order chi connectivity index (χ0) is 13.1. The Hall–Kier alpha value is -1.81. The first-order valence-electron chi connectivity index (χ1n) is 5.57. The van der Waals surface area contributed by atoms with Crippen LogP contribution in [0.3, 0.4) is 0 Å². The van der Waals surface area contributed by atoms with E-state index in [1.54, 1.807) is 24.4 Å². The highest BCUT2D eigenvalue weighted by molar-refractivity contribution is 6.35. The van der Waals surface area contributed by atoms with Crippen molar-refractivity contribution in [3.8, 4) is 5.75 Å². The second kappa shape index (κ2) is 5.23. The first kappa shape index (κ1) is 12.6. The average Bonchev–Trinajstić information content (AvgIpc) is 2.31. The molecule has 18 heavy (non-hydrogen) atoms. The number of benzene rings is 1. The minimum absolute atomic E-state index is 0.00472. The number of nitrogens with zero attached hydrogens (tertiary/aromatic N) is 1. The van der Waals surface area contributed by atoms with Crippen molar-refractivity contribution in [1.29, 1.82) is 0 Å². The maximum atomic E-state index is 10.6. The van der Waals surface area contributed by atoms with Crippen LogP contribution < -0.4 is 10.1 Å². The topological polar surface area (TPSA) is 51.2 Å². The first-order chi connectivity index (χ1) is 8.61. The number of carbonyl (C=O) groups is 1. The van der Waals surface area contributed by atoms with Gasteiger partial charge in [0.15, 0.2) is 0 Å². The molecular formula is C13H13ClN2O2. The number of fused-ring (bicyclic) bond motifs is 1. The molecule has 0 radical (unpaired) electrons. The fourth-order valence-corrected chi connectivity index (χ4v) is 1.87. The molecule has 0 aliphatic heterocycles. The third kappa shape index (κ3) is 2.54. The van der Waals surface area contributed by atoms with Crippen molar-refractivity contribution in [3.63, 3.8) is 0 Å². The van der Waals surface area contributed by atoms with Crippen molar-refractivity contribution >= 4 is 34.6 Å². The van der Waals surface area contributed by atoms with Gasteiger partial charge in [-0.2, -0.15) is 0 Å². The molecule has 0 unspecified atom stereocenters. The van der Waals surface area contributed by atoms with Crippen molar-refractivity contribution in [2.45, 2.75) is 20.0 Å². The fourth-order valence-electron chi connectivity index (χ4n) is 1.67. The van der Waals surface area contributed by atoms with E-state index in [2.05, 4.69) is 10.3 Å². The molecule has 4 nitrogen and oxygen atoms in total. The summed E-state index contributed by atoms with van der Waals surface area (Å²) >= 11 is 6.11. The molecule has 1 amide bonds. The Morgan fingerprint density at radius 1 is 1.44 bits per heavy atom. The maximum absolute atomic E-state index is 10.6. The Morgan fingerprint density at radius 3 is 2.89 bits per heavy atom. The van der Waals surface area contributed by atoms with Gasteiger partial charge in [-0.15, -0.1) is 0 Å². The molecule has 0 atom stereocenters. The summed E-state index contributed by atoms with van der Waals surface area (Å²) in [6.45, 7) is 3.83. The van der Waals surface area contributed by atoms with E-state index >= 15 is 0 Å². The molecule has 0 saturated carbocycles. The van der Waals surface area contributed by atoms with Gasteiger partial charge in [-0.1, -0.05) is 11.6 Å². The van der Waals surface area contributed by atoms with Gasteiger partial charge >= 0.3 is 0 Å². The van der Waals surface area contributed by atoms with Crippen LogP contribution in [0.25, 0.3) is 10.9 Å². The molecule has 94 valence electrons. The lowest BCUT2D eigenvalue weighted by atomic mass is 10.2. The number of anilines is 1. The summed E-state index contributed by atoms with van der Waals surface area (Å²) in [6, 6.07) is 5.25. The van der Waals surface area contributed by atoms with Gasteiger partial charge in [0.25, 0.3) is 0 Å². The Kier molecular flexibility index (Phi) is 3.67. The van der Waals surface area contributed by atoms with Gasteiger partial charge in [0, 0.05) is 11.6 Å². The minimum Gasteiger partial charge on any atom is -0.489 e. The molecular weight excluding hydrogens is 252 g/mol. The normalized spacial score (nSPS) is 10.7. The van der Waals surface area contributed by atoms with E-state index in [0.29, 0.717) is 28.4 Å². The summed E-state index contributed by atoms with van der Waals surface area (Å²) in [4.78, 5) is 14.8. The van der Waals surface area contributed by atoms with Crippen molar-refractivity contribution in [1.82, 2.24) is 4.98 Å². The maximum Gasteiger partial charge on any atom is 0.211 e. The van der Waals surface area contributed by atoms with E-state index in [4.69, 9.17) is 16.3 Å². The summed E-state index contributed by atoms with van der Waals surface area (Å²) in [5, 5.41) is 4.00. The number of rotatable bonds is 4. The fraction of sp³-hybridized carbons (Fsp3) is 0.231. The number of hydrogen-bond donors (Lipinski definition) is 1. The Labute approximate surface area is 110 Å². The predicted octanol–water partition coefficient (Wildman–Crippen LogP) is 3.24. The van der Waals surface area contributed by atoms with Gasteiger partial charge in [-0.05, 0) is 32.0 Å². The highest BCUT2D eigenvalue weighted by Gasteiger charge is 2.10. The second-order valence-corrected chi connectivity index (χ2v) is 4.49. The minimum atomic E-state index is 0.00472. The van der Waals surface area contributed by atoms with Crippen molar-refractivity contribution < 1.29 is 9.53 Å². The predicted molar refractivity (Wildman–Crippen MR) is 72.2 cm³/mol. The summed E-state index contributed by atoms with van der Waals surface area (Å²) in [7, 11) is 0. The number of carbonyl (C=O) groups excluding carboxylic acids is 1. The number of nitrogens with one attached hydrogen (secondary N) is 1. The Bertz CT molecular complexity index is 584. The largest absolute Gasteiger partial charge is 0.489 e. The van der Waals surface area contributed by atoms with Crippen LogP contribution in [0.4, 0.5) is 5.69 Å². The number of amides is 1. The summed E-state index contributed by atoms with van der Waals surface area (Å²) in [5.74, 6) is 0.583. The molecule has 0 spiro atoms. The van der Waals surface area contributed by atoms with Gasteiger partial charge in [0.1, 0.15) is 5.75 Å². The quantitative estimate of drug-likeness (QED) is 0.863. The number of halogens is 1. The van der Waals surface area contributed by atoms with E-state index in [0.717, 1.165) is 5.39 Å². The smallest absolute Gasteiger partial charge is 0.211 e. The van der Waals surface area contributed by atoms with Crippen molar-refractivity contribution in [2.24, 2.45) is 0 Å². The molecule has 1 aromatic carbocycles. The van der Waals surface area contributed by atoms with Gasteiger partial charge in [0.2, 0.25) is 6.41 Å². The number of hydrogen-bond acceptors (Lipinski definition) is 3. The number of aromatic nitrogens is 1. The third-order valence-corrected chi connectivity index (χ3v) is 2.70. The molecule has 2 rings (SSSR count). The lowest BCUT2D eigenvalue weighted by molar-refractivity contribution is -0.105. The Balaban J connectivity index is 2.60. The van der Waals surface area contributed by atoms with Gasteiger partial charge < -0.3 is 10.1 Å². The molecule has 1 heterocycles. The van der Waals surface area contributed by atoms with E-state index in [1.807, 2.05) is 13.8 Å². The first-order valence-corrected chi connectivity index (χ1v) is 5.94. The molecule has 0 fully saturated rings. The molecule has 0 aliphatic rings. The lowest BCUT2D eigenvalue weighted by Gasteiger charge is -2.14. The van der Waals surface area contributed by atoms with Crippen LogP contribution in [0.1, 0.15) is 13.8 Å². The highest BCUT2D eigenvalue weighted by Crippen LogP contribution is 2.33. The SMILES string of the molecule is CC(C)Oc1cc2c(Cl)ccnc2cc1NC=O. The monoisotopic (exact) mass is 264 g/mol.